The molecule has 0 N–H and O–H groups in total. The van der Waals surface area contributed by atoms with Gasteiger partial charge in [0.25, 0.3) is 5.91 Å². The molecule has 3 rings (SSSR count). The summed E-state index contributed by atoms with van der Waals surface area (Å²) < 4.78 is 1.62. The van der Waals surface area contributed by atoms with E-state index < -0.39 is 0 Å². The van der Waals surface area contributed by atoms with Gasteiger partial charge >= 0.3 is 0 Å². The molecule has 6 nitrogen and oxygen atoms in total. The fourth-order valence-electron chi connectivity index (χ4n) is 3.13. The highest BCUT2D eigenvalue weighted by molar-refractivity contribution is 6.31. The molecule has 0 radical (unpaired) electrons. The molecule has 138 valence electrons. The van der Waals surface area contributed by atoms with Crippen molar-refractivity contribution >= 4 is 23.4 Å². The minimum atomic E-state index is -0.0768. The lowest BCUT2D eigenvalue weighted by atomic mass is 10.2. The molecule has 0 aliphatic carbocycles. The fourth-order valence-corrected chi connectivity index (χ4v) is 3.33. The molecule has 2 amide bonds. The molecule has 1 aromatic heterocycles. The Bertz CT molecular complexity index is 818. The van der Waals surface area contributed by atoms with Crippen molar-refractivity contribution < 1.29 is 9.59 Å². The lowest BCUT2D eigenvalue weighted by Crippen LogP contribution is -2.36. The topological polar surface area (TPSA) is 58.4 Å². The SMILES string of the molecule is CCc1cc(C(=O)N2CCC(=O)N(Cc3ccccc3Cl)CC2)n(C)n1. The minimum Gasteiger partial charge on any atom is -0.336 e. The zero-order valence-electron chi connectivity index (χ0n) is 15.1. The van der Waals surface area contributed by atoms with Crippen LogP contribution in [-0.2, 0) is 24.8 Å². The Hall–Kier alpha value is -2.34. The van der Waals surface area contributed by atoms with Crippen molar-refractivity contribution in [3.05, 3.63) is 52.3 Å². The van der Waals surface area contributed by atoms with Crippen LogP contribution in [0.4, 0.5) is 0 Å². The molecule has 26 heavy (non-hydrogen) atoms. The van der Waals surface area contributed by atoms with Crippen LogP contribution < -0.4 is 0 Å². The lowest BCUT2D eigenvalue weighted by Gasteiger charge is -2.22. The highest BCUT2D eigenvalue weighted by Gasteiger charge is 2.26. The summed E-state index contributed by atoms with van der Waals surface area (Å²) >= 11 is 6.21. The number of rotatable bonds is 4. The van der Waals surface area contributed by atoms with Gasteiger partial charge in [-0.25, -0.2) is 0 Å². The van der Waals surface area contributed by atoms with Gasteiger partial charge in [0.1, 0.15) is 5.69 Å². The summed E-state index contributed by atoms with van der Waals surface area (Å²) in [7, 11) is 1.78. The molecule has 1 aromatic carbocycles. The molecule has 0 unspecified atom stereocenters. The lowest BCUT2D eigenvalue weighted by molar-refractivity contribution is -0.130. The van der Waals surface area contributed by atoms with Crippen molar-refractivity contribution in [1.29, 1.82) is 0 Å². The molecule has 0 spiro atoms. The van der Waals surface area contributed by atoms with Gasteiger partial charge in [-0.2, -0.15) is 5.10 Å². The monoisotopic (exact) mass is 374 g/mol. The molecule has 1 aliphatic heterocycles. The van der Waals surface area contributed by atoms with Crippen LogP contribution in [0, 0.1) is 0 Å². The van der Waals surface area contributed by atoms with Gasteiger partial charge < -0.3 is 9.80 Å². The van der Waals surface area contributed by atoms with Gasteiger partial charge in [0.15, 0.2) is 0 Å². The largest absolute Gasteiger partial charge is 0.336 e. The molecule has 2 aromatic rings. The van der Waals surface area contributed by atoms with Crippen LogP contribution in [0.15, 0.2) is 30.3 Å². The number of carbonyl (C=O) groups is 2. The first kappa shape index (κ1) is 18.5. The number of hydrogen-bond donors (Lipinski definition) is 0. The smallest absolute Gasteiger partial charge is 0.272 e. The summed E-state index contributed by atoms with van der Waals surface area (Å²) in [5, 5.41) is 4.99. The number of aromatic nitrogens is 2. The van der Waals surface area contributed by atoms with Crippen LogP contribution in [-0.4, -0.2) is 51.0 Å². The van der Waals surface area contributed by atoms with E-state index in [1.807, 2.05) is 37.3 Å². The van der Waals surface area contributed by atoms with Gasteiger partial charge in [0.05, 0.1) is 5.69 Å². The summed E-state index contributed by atoms with van der Waals surface area (Å²) in [6.45, 7) is 3.89. The number of amides is 2. The van der Waals surface area contributed by atoms with Crippen LogP contribution in [0.2, 0.25) is 5.02 Å². The number of benzene rings is 1. The second-order valence-electron chi connectivity index (χ2n) is 6.45. The zero-order chi connectivity index (χ0) is 18.7. The van der Waals surface area contributed by atoms with Gasteiger partial charge in [-0.1, -0.05) is 36.7 Å². The van der Waals surface area contributed by atoms with Gasteiger partial charge in [-0.15, -0.1) is 0 Å². The van der Waals surface area contributed by atoms with Crippen molar-refractivity contribution in [1.82, 2.24) is 19.6 Å². The maximum absolute atomic E-state index is 12.8. The Morgan fingerprint density at radius 2 is 2.00 bits per heavy atom. The number of halogens is 1. The molecule has 0 saturated carbocycles. The average molecular weight is 375 g/mol. The molecule has 1 fully saturated rings. The van der Waals surface area contributed by atoms with E-state index in [0.29, 0.717) is 43.3 Å². The highest BCUT2D eigenvalue weighted by atomic mass is 35.5. The van der Waals surface area contributed by atoms with E-state index in [1.54, 1.807) is 21.5 Å². The maximum Gasteiger partial charge on any atom is 0.272 e. The van der Waals surface area contributed by atoms with Crippen molar-refractivity contribution in [2.75, 3.05) is 19.6 Å². The summed E-state index contributed by atoms with van der Waals surface area (Å²) in [4.78, 5) is 28.8. The Kier molecular flexibility index (Phi) is 5.61. The van der Waals surface area contributed by atoms with Crippen molar-refractivity contribution in [3.8, 4) is 0 Å². The van der Waals surface area contributed by atoms with Crippen LogP contribution in [0.5, 0.6) is 0 Å². The van der Waals surface area contributed by atoms with Crippen molar-refractivity contribution in [2.45, 2.75) is 26.3 Å². The standard InChI is InChI=1S/C19H23ClN4O2/c1-3-15-12-17(22(2)21-15)19(26)23-9-8-18(25)24(11-10-23)13-14-6-4-5-7-16(14)20/h4-7,12H,3,8-11,13H2,1-2H3. The third-order valence-corrected chi connectivity index (χ3v) is 5.07. The van der Waals surface area contributed by atoms with E-state index in [9.17, 15) is 9.59 Å². The Balaban J connectivity index is 1.70. The summed E-state index contributed by atoms with van der Waals surface area (Å²) in [6.07, 6.45) is 1.10. The van der Waals surface area contributed by atoms with Crippen LogP contribution in [0.3, 0.4) is 0 Å². The number of hydrogen-bond acceptors (Lipinski definition) is 3. The Labute approximate surface area is 158 Å². The second-order valence-corrected chi connectivity index (χ2v) is 6.85. The molecule has 1 saturated heterocycles. The first-order valence-corrected chi connectivity index (χ1v) is 9.20. The van der Waals surface area contributed by atoms with E-state index in [4.69, 9.17) is 11.6 Å². The molecule has 1 aliphatic rings. The average Bonchev–Trinajstić information content (AvgIpc) is 2.92. The molecule has 2 heterocycles. The molecule has 7 heteroatoms. The summed E-state index contributed by atoms with van der Waals surface area (Å²) in [5.74, 6) is -0.0356. The van der Waals surface area contributed by atoms with E-state index >= 15 is 0 Å². The van der Waals surface area contributed by atoms with Gasteiger partial charge in [-0.05, 0) is 24.1 Å². The summed E-state index contributed by atoms with van der Waals surface area (Å²) in [6, 6.07) is 9.35. The number of carbonyl (C=O) groups excluding carboxylic acids is 2. The second kappa shape index (κ2) is 7.91. The third-order valence-electron chi connectivity index (χ3n) is 4.71. The van der Waals surface area contributed by atoms with Gasteiger partial charge in [0, 0.05) is 44.7 Å². The van der Waals surface area contributed by atoms with Crippen LogP contribution in [0.1, 0.15) is 35.1 Å². The number of aryl methyl sites for hydroxylation is 2. The molecule has 0 bridgehead atoms. The maximum atomic E-state index is 12.8. The van der Waals surface area contributed by atoms with Crippen LogP contribution >= 0.6 is 11.6 Å². The first-order valence-electron chi connectivity index (χ1n) is 8.83. The van der Waals surface area contributed by atoms with E-state index in [-0.39, 0.29) is 11.8 Å². The predicted octanol–water partition coefficient (Wildman–Crippen LogP) is 2.51. The quantitative estimate of drug-likeness (QED) is 0.826. The Morgan fingerprint density at radius 3 is 2.69 bits per heavy atom. The van der Waals surface area contributed by atoms with E-state index in [2.05, 4.69) is 5.10 Å². The molecule has 0 atom stereocenters. The predicted molar refractivity (Wildman–Crippen MR) is 100.0 cm³/mol. The number of nitrogens with zero attached hydrogens (tertiary/aromatic N) is 4. The molecular weight excluding hydrogens is 352 g/mol. The third kappa shape index (κ3) is 3.90. The van der Waals surface area contributed by atoms with Crippen molar-refractivity contribution in [3.63, 3.8) is 0 Å². The van der Waals surface area contributed by atoms with Gasteiger partial charge in [0.2, 0.25) is 5.91 Å². The zero-order valence-corrected chi connectivity index (χ0v) is 15.9. The van der Waals surface area contributed by atoms with Crippen molar-refractivity contribution in [2.24, 2.45) is 7.05 Å². The summed E-state index contributed by atoms with van der Waals surface area (Å²) in [5.41, 5.74) is 2.37. The highest BCUT2D eigenvalue weighted by Crippen LogP contribution is 2.19. The van der Waals surface area contributed by atoms with Gasteiger partial charge in [-0.3, -0.25) is 14.3 Å². The van der Waals surface area contributed by atoms with E-state index in [1.165, 1.54) is 0 Å². The fraction of sp³-hybridized carbons (Fsp3) is 0.421. The Morgan fingerprint density at radius 1 is 1.23 bits per heavy atom. The van der Waals surface area contributed by atoms with Crippen LogP contribution in [0.25, 0.3) is 0 Å². The normalized spacial score (nSPS) is 15.3. The molecular formula is C19H23ClN4O2. The van der Waals surface area contributed by atoms with E-state index in [0.717, 1.165) is 17.7 Å². The minimum absolute atomic E-state index is 0.0412. The first-order chi connectivity index (χ1) is 12.5.